The second kappa shape index (κ2) is 10.1. The Balaban J connectivity index is 0.00000264. The van der Waals surface area contributed by atoms with Crippen molar-refractivity contribution in [2.75, 3.05) is 33.4 Å². The molecule has 0 amide bonds. The van der Waals surface area contributed by atoms with Crippen molar-refractivity contribution in [1.82, 2.24) is 10.2 Å². The van der Waals surface area contributed by atoms with Gasteiger partial charge in [0, 0.05) is 32.7 Å². The molecule has 0 spiro atoms. The Morgan fingerprint density at radius 3 is 2.87 bits per heavy atom. The van der Waals surface area contributed by atoms with Gasteiger partial charge in [0.15, 0.2) is 5.96 Å². The molecular formula is C17H27FIN3O. The zero-order chi connectivity index (χ0) is 15.9. The lowest BCUT2D eigenvalue weighted by atomic mass is 10.1. The normalized spacial score (nSPS) is 17.7. The number of aryl methyl sites for hydroxylation is 1. The third kappa shape index (κ3) is 6.25. The highest BCUT2D eigenvalue weighted by Gasteiger charge is 2.19. The van der Waals surface area contributed by atoms with E-state index in [0.29, 0.717) is 18.0 Å². The van der Waals surface area contributed by atoms with Crippen LogP contribution < -0.4 is 5.32 Å². The first-order valence-electron chi connectivity index (χ1n) is 7.92. The van der Waals surface area contributed by atoms with Gasteiger partial charge in [-0.1, -0.05) is 12.1 Å². The van der Waals surface area contributed by atoms with Crippen molar-refractivity contribution < 1.29 is 9.13 Å². The van der Waals surface area contributed by atoms with E-state index in [-0.39, 0.29) is 29.8 Å². The highest BCUT2D eigenvalue weighted by Crippen LogP contribution is 2.14. The zero-order valence-corrected chi connectivity index (χ0v) is 16.5. The molecule has 0 saturated carbocycles. The summed E-state index contributed by atoms with van der Waals surface area (Å²) < 4.78 is 18.7. The number of ether oxygens (including phenoxy) is 1. The molecule has 1 N–H and O–H groups in total. The maximum Gasteiger partial charge on any atom is 0.193 e. The van der Waals surface area contributed by atoms with Crippen molar-refractivity contribution in [3.63, 3.8) is 0 Å². The molecule has 23 heavy (non-hydrogen) atoms. The second-order valence-corrected chi connectivity index (χ2v) is 5.86. The Labute approximate surface area is 155 Å². The van der Waals surface area contributed by atoms with Crippen molar-refractivity contribution in [2.24, 2.45) is 10.9 Å². The van der Waals surface area contributed by atoms with Gasteiger partial charge in [-0.05, 0) is 37.5 Å². The molecule has 1 aromatic carbocycles. The summed E-state index contributed by atoms with van der Waals surface area (Å²) in [6.07, 6.45) is 1.11. The summed E-state index contributed by atoms with van der Waals surface area (Å²) >= 11 is 0. The summed E-state index contributed by atoms with van der Waals surface area (Å²) in [6.45, 7) is 7.85. The molecule has 1 saturated heterocycles. The molecule has 6 heteroatoms. The maximum atomic E-state index is 13.3. The predicted octanol–water partition coefficient (Wildman–Crippen LogP) is 3.19. The van der Waals surface area contributed by atoms with Gasteiger partial charge in [-0.3, -0.25) is 0 Å². The largest absolute Gasteiger partial charge is 0.381 e. The van der Waals surface area contributed by atoms with Crippen molar-refractivity contribution >= 4 is 29.9 Å². The topological polar surface area (TPSA) is 36.9 Å². The Kier molecular flexibility index (Phi) is 8.83. The molecule has 1 aromatic rings. The highest BCUT2D eigenvalue weighted by atomic mass is 127. The number of aliphatic imine (C=N–C) groups is 1. The summed E-state index contributed by atoms with van der Waals surface area (Å²) in [5.41, 5.74) is 1.68. The minimum atomic E-state index is -0.169. The summed E-state index contributed by atoms with van der Waals surface area (Å²) in [4.78, 5) is 6.82. The first kappa shape index (κ1) is 20.2. The fourth-order valence-electron chi connectivity index (χ4n) is 2.64. The lowest BCUT2D eigenvalue weighted by molar-refractivity contribution is 0.181. The van der Waals surface area contributed by atoms with Crippen LogP contribution in [0.25, 0.3) is 0 Å². The average molecular weight is 435 g/mol. The van der Waals surface area contributed by atoms with Gasteiger partial charge in [-0.25, -0.2) is 9.38 Å². The van der Waals surface area contributed by atoms with E-state index in [1.165, 1.54) is 6.07 Å². The van der Waals surface area contributed by atoms with Crippen LogP contribution in [-0.4, -0.2) is 44.2 Å². The van der Waals surface area contributed by atoms with Crippen LogP contribution in [0.2, 0.25) is 0 Å². The number of hydrogen-bond acceptors (Lipinski definition) is 2. The van der Waals surface area contributed by atoms with Gasteiger partial charge in [-0.2, -0.15) is 0 Å². The van der Waals surface area contributed by atoms with Crippen LogP contribution >= 0.6 is 24.0 Å². The highest BCUT2D eigenvalue weighted by molar-refractivity contribution is 14.0. The molecule has 1 unspecified atom stereocenters. The number of nitrogens with zero attached hydrogens (tertiary/aromatic N) is 2. The van der Waals surface area contributed by atoms with Gasteiger partial charge in [0.2, 0.25) is 0 Å². The molecule has 130 valence electrons. The molecular weight excluding hydrogens is 408 g/mol. The van der Waals surface area contributed by atoms with Gasteiger partial charge < -0.3 is 15.0 Å². The van der Waals surface area contributed by atoms with Crippen LogP contribution in [0.5, 0.6) is 0 Å². The molecule has 0 bridgehead atoms. The van der Waals surface area contributed by atoms with Gasteiger partial charge in [0.1, 0.15) is 5.82 Å². The van der Waals surface area contributed by atoms with E-state index in [1.807, 2.05) is 6.07 Å². The third-order valence-electron chi connectivity index (χ3n) is 3.89. The summed E-state index contributed by atoms with van der Waals surface area (Å²) in [5, 5.41) is 3.31. The molecule has 1 aliphatic rings. The van der Waals surface area contributed by atoms with E-state index in [4.69, 9.17) is 4.74 Å². The molecule has 0 aliphatic carbocycles. The number of rotatable bonds is 5. The maximum absolute atomic E-state index is 13.3. The predicted molar refractivity (Wildman–Crippen MR) is 103 cm³/mol. The quantitative estimate of drug-likeness (QED) is 0.439. The number of benzene rings is 1. The van der Waals surface area contributed by atoms with Crippen molar-refractivity contribution in [3.05, 3.63) is 35.1 Å². The summed E-state index contributed by atoms with van der Waals surface area (Å²) in [5.74, 6) is 1.29. The Hall–Kier alpha value is -0.890. The third-order valence-corrected chi connectivity index (χ3v) is 3.89. The SMILES string of the molecule is CCNC(=NCc1ccc(F)c(C)c1)N(C)CC1CCOC1.I. The molecule has 0 radical (unpaired) electrons. The summed E-state index contributed by atoms with van der Waals surface area (Å²) in [7, 11) is 2.05. The fourth-order valence-corrected chi connectivity index (χ4v) is 2.64. The number of hydrogen-bond donors (Lipinski definition) is 1. The van der Waals surface area contributed by atoms with E-state index < -0.39 is 0 Å². The van der Waals surface area contributed by atoms with Gasteiger partial charge >= 0.3 is 0 Å². The lowest BCUT2D eigenvalue weighted by Gasteiger charge is -2.24. The molecule has 1 aliphatic heterocycles. The van der Waals surface area contributed by atoms with Crippen LogP contribution in [-0.2, 0) is 11.3 Å². The fraction of sp³-hybridized carbons (Fsp3) is 0.588. The number of halogens is 2. The molecule has 1 heterocycles. The lowest BCUT2D eigenvalue weighted by Crippen LogP contribution is -2.41. The van der Waals surface area contributed by atoms with E-state index >= 15 is 0 Å². The number of nitrogens with one attached hydrogen (secondary N) is 1. The van der Waals surface area contributed by atoms with Crippen LogP contribution in [0.15, 0.2) is 23.2 Å². The second-order valence-electron chi connectivity index (χ2n) is 5.86. The van der Waals surface area contributed by atoms with E-state index in [2.05, 4.69) is 29.2 Å². The minimum Gasteiger partial charge on any atom is -0.381 e. The van der Waals surface area contributed by atoms with Gasteiger partial charge in [0.05, 0.1) is 13.2 Å². The molecule has 1 fully saturated rings. The van der Waals surface area contributed by atoms with E-state index in [9.17, 15) is 4.39 Å². The van der Waals surface area contributed by atoms with Gasteiger partial charge in [-0.15, -0.1) is 24.0 Å². The smallest absolute Gasteiger partial charge is 0.193 e. The van der Waals surface area contributed by atoms with E-state index in [0.717, 1.165) is 44.2 Å². The Bertz CT molecular complexity index is 519. The van der Waals surface area contributed by atoms with Gasteiger partial charge in [0.25, 0.3) is 0 Å². The van der Waals surface area contributed by atoms with Crippen LogP contribution in [0.3, 0.4) is 0 Å². The monoisotopic (exact) mass is 435 g/mol. The molecule has 0 aromatic heterocycles. The van der Waals surface area contributed by atoms with Crippen molar-refractivity contribution in [2.45, 2.75) is 26.8 Å². The zero-order valence-electron chi connectivity index (χ0n) is 14.1. The first-order chi connectivity index (χ1) is 10.6. The number of guanidine groups is 1. The van der Waals surface area contributed by atoms with E-state index in [1.54, 1.807) is 13.0 Å². The van der Waals surface area contributed by atoms with Crippen LogP contribution in [0, 0.1) is 18.7 Å². The van der Waals surface area contributed by atoms with Crippen molar-refractivity contribution in [1.29, 1.82) is 0 Å². The Morgan fingerprint density at radius 2 is 2.26 bits per heavy atom. The average Bonchev–Trinajstić information content (AvgIpc) is 2.99. The molecule has 1 atom stereocenters. The Morgan fingerprint density at radius 1 is 1.48 bits per heavy atom. The summed E-state index contributed by atoms with van der Waals surface area (Å²) in [6, 6.07) is 5.15. The van der Waals surface area contributed by atoms with Crippen molar-refractivity contribution in [3.8, 4) is 0 Å². The molecule has 4 nitrogen and oxygen atoms in total. The first-order valence-corrected chi connectivity index (χ1v) is 7.92. The van der Waals surface area contributed by atoms with Crippen LogP contribution in [0.1, 0.15) is 24.5 Å². The van der Waals surface area contributed by atoms with Crippen LogP contribution in [0.4, 0.5) is 4.39 Å². The standard InChI is InChI=1S/C17H26FN3O.HI/c1-4-19-17(21(3)11-15-7-8-22-12-15)20-10-14-5-6-16(18)13(2)9-14;/h5-6,9,15H,4,7-8,10-12H2,1-3H3,(H,19,20);1H. The minimum absolute atomic E-state index is 0. The molecule has 2 rings (SSSR count).